The lowest BCUT2D eigenvalue weighted by atomic mass is 10.1. The van der Waals surface area contributed by atoms with Crippen molar-refractivity contribution < 1.29 is 14.3 Å². The van der Waals surface area contributed by atoms with E-state index in [1.165, 1.54) is 19.9 Å². The molecular formula is C10H9N3O3. The van der Waals surface area contributed by atoms with Crippen molar-refractivity contribution in [3.05, 3.63) is 17.7 Å². The second-order valence-corrected chi connectivity index (χ2v) is 3.28. The van der Waals surface area contributed by atoms with Gasteiger partial charge in [0.25, 0.3) is 0 Å². The van der Waals surface area contributed by atoms with Crippen molar-refractivity contribution in [3.63, 3.8) is 0 Å². The fourth-order valence-corrected chi connectivity index (χ4v) is 1.47. The van der Waals surface area contributed by atoms with E-state index in [-0.39, 0.29) is 17.1 Å². The molecule has 1 heterocycles. The third kappa shape index (κ3) is 1.65. The Labute approximate surface area is 90.6 Å². The molecule has 0 aliphatic heterocycles. The van der Waals surface area contributed by atoms with Crippen LogP contribution in [0.3, 0.4) is 0 Å². The molecule has 0 bridgehead atoms. The highest BCUT2D eigenvalue weighted by molar-refractivity contribution is 6.07. The van der Waals surface area contributed by atoms with E-state index >= 15 is 0 Å². The summed E-state index contributed by atoms with van der Waals surface area (Å²) in [6.45, 7) is 2.66. The minimum Gasteiger partial charge on any atom is -0.426 e. The van der Waals surface area contributed by atoms with E-state index in [0.717, 1.165) is 0 Å². The number of rotatable bonds is 2. The van der Waals surface area contributed by atoms with Crippen LogP contribution in [0.4, 0.5) is 0 Å². The molecule has 2 rings (SSSR count). The number of ketones is 1. The predicted molar refractivity (Wildman–Crippen MR) is 55.2 cm³/mol. The summed E-state index contributed by atoms with van der Waals surface area (Å²) in [5.74, 6) is -0.498. The van der Waals surface area contributed by atoms with Gasteiger partial charge in [0.15, 0.2) is 5.78 Å². The molecule has 0 aliphatic carbocycles. The highest BCUT2D eigenvalue weighted by Gasteiger charge is 2.17. The Balaban J connectivity index is 2.68. The minimum atomic E-state index is -0.481. The Kier molecular flexibility index (Phi) is 2.40. The number of fused-ring (bicyclic) bond motifs is 1. The molecule has 0 aliphatic rings. The number of ether oxygens (including phenoxy) is 1. The average Bonchev–Trinajstić information content (AvgIpc) is 2.63. The largest absolute Gasteiger partial charge is 0.426 e. The number of esters is 1. The lowest BCUT2D eigenvalue weighted by Crippen LogP contribution is -2.06. The summed E-state index contributed by atoms with van der Waals surface area (Å²) in [5, 5.41) is 10.1. The van der Waals surface area contributed by atoms with Crippen molar-refractivity contribution >= 4 is 22.8 Å². The average molecular weight is 219 g/mol. The second kappa shape index (κ2) is 3.73. The Morgan fingerprint density at radius 1 is 1.25 bits per heavy atom. The van der Waals surface area contributed by atoms with Gasteiger partial charge in [0, 0.05) is 6.92 Å². The van der Waals surface area contributed by atoms with Crippen molar-refractivity contribution in [2.75, 3.05) is 0 Å². The van der Waals surface area contributed by atoms with Crippen molar-refractivity contribution in [2.24, 2.45) is 0 Å². The molecule has 0 saturated carbocycles. The Hall–Kier alpha value is -2.24. The summed E-state index contributed by atoms with van der Waals surface area (Å²) in [6, 6.07) is 3.16. The molecule has 16 heavy (non-hydrogen) atoms. The molecular weight excluding hydrogens is 210 g/mol. The molecule has 0 spiro atoms. The normalized spacial score (nSPS) is 10.4. The number of benzene rings is 1. The zero-order chi connectivity index (χ0) is 11.7. The van der Waals surface area contributed by atoms with Crippen LogP contribution < -0.4 is 4.74 Å². The molecule has 0 amide bonds. The van der Waals surface area contributed by atoms with Gasteiger partial charge in [-0.05, 0) is 19.1 Å². The van der Waals surface area contributed by atoms with Gasteiger partial charge in [-0.25, -0.2) is 0 Å². The molecule has 1 N–H and O–H groups in total. The number of nitrogens with zero attached hydrogens (tertiary/aromatic N) is 2. The maximum absolute atomic E-state index is 11.5. The van der Waals surface area contributed by atoms with Crippen LogP contribution in [0.25, 0.3) is 11.0 Å². The number of carbonyl (C=O) groups excluding carboxylic acids is 2. The molecule has 0 unspecified atom stereocenters. The minimum absolute atomic E-state index is 0.210. The van der Waals surface area contributed by atoms with Gasteiger partial charge in [-0.15, -0.1) is 0 Å². The van der Waals surface area contributed by atoms with E-state index in [1.54, 1.807) is 6.07 Å². The summed E-state index contributed by atoms with van der Waals surface area (Å²) in [5.41, 5.74) is 1.23. The van der Waals surface area contributed by atoms with Crippen LogP contribution in [-0.2, 0) is 4.79 Å². The molecule has 0 saturated heterocycles. The molecule has 1 aromatic carbocycles. The number of aromatic amines is 1. The fourth-order valence-electron chi connectivity index (χ4n) is 1.47. The number of H-pyrrole nitrogens is 1. The van der Waals surface area contributed by atoms with Crippen molar-refractivity contribution in [1.82, 2.24) is 15.4 Å². The molecule has 82 valence electrons. The van der Waals surface area contributed by atoms with E-state index in [1.807, 2.05) is 0 Å². The van der Waals surface area contributed by atoms with E-state index in [0.29, 0.717) is 11.0 Å². The number of aromatic nitrogens is 3. The van der Waals surface area contributed by atoms with Gasteiger partial charge in [0.05, 0.1) is 5.56 Å². The van der Waals surface area contributed by atoms with Gasteiger partial charge in [0.1, 0.15) is 16.8 Å². The number of hydrogen-bond acceptors (Lipinski definition) is 5. The highest BCUT2D eigenvalue weighted by atomic mass is 16.5. The van der Waals surface area contributed by atoms with Crippen molar-refractivity contribution in [1.29, 1.82) is 0 Å². The fraction of sp³-hybridized carbons (Fsp3) is 0.200. The summed E-state index contributed by atoms with van der Waals surface area (Å²) < 4.78 is 4.94. The molecule has 0 atom stereocenters. The molecule has 0 radical (unpaired) electrons. The van der Waals surface area contributed by atoms with Crippen LogP contribution in [0.5, 0.6) is 5.75 Å². The van der Waals surface area contributed by atoms with E-state index in [4.69, 9.17) is 4.74 Å². The van der Waals surface area contributed by atoms with Gasteiger partial charge in [0.2, 0.25) is 0 Å². The molecule has 1 aromatic heterocycles. The Morgan fingerprint density at radius 2 is 2.00 bits per heavy atom. The van der Waals surface area contributed by atoms with Crippen molar-refractivity contribution in [2.45, 2.75) is 13.8 Å². The molecule has 6 nitrogen and oxygen atoms in total. The van der Waals surface area contributed by atoms with Crippen LogP contribution in [0.1, 0.15) is 24.2 Å². The quantitative estimate of drug-likeness (QED) is 0.464. The van der Waals surface area contributed by atoms with Crippen LogP contribution in [0.15, 0.2) is 12.1 Å². The second-order valence-electron chi connectivity index (χ2n) is 3.28. The lowest BCUT2D eigenvalue weighted by molar-refractivity contribution is -0.131. The topological polar surface area (TPSA) is 84.9 Å². The standard InChI is InChI=1S/C10H9N3O3/c1-5(14)9-8(16-6(2)15)4-3-7-10(9)12-13-11-7/h3-4H,1-2H3,(H,11,12,13). The van der Waals surface area contributed by atoms with Crippen LogP contribution in [0.2, 0.25) is 0 Å². The van der Waals surface area contributed by atoms with E-state index in [2.05, 4.69) is 15.4 Å². The van der Waals surface area contributed by atoms with Gasteiger partial charge in [-0.2, -0.15) is 15.4 Å². The Morgan fingerprint density at radius 3 is 2.62 bits per heavy atom. The number of hydrogen-bond donors (Lipinski definition) is 1. The zero-order valence-electron chi connectivity index (χ0n) is 8.77. The maximum Gasteiger partial charge on any atom is 0.308 e. The number of nitrogens with one attached hydrogen (secondary N) is 1. The summed E-state index contributed by atoms with van der Waals surface area (Å²) >= 11 is 0. The molecule has 2 aromatic rings. The highest BCUT2D eigenvalue weighted by Crippen LogP contribution is 2.25. The maximum atomic E-state index is 11.5. The monoisotopic (exact) mass is 219 g/mol. The van der Waals surface area contributed by atoms with E-state index in [9.17, 15) is 9.59 Å². The first-order valence-electron chi connectivity index (χ1n) is 4.62. The van der Waals surface area contributed by atoms with Gasteiger partial charge in [-0.3, -0.25) is 9.59 Å². The SMILES string of the molecule is CC(=O)Oc1ccc2n[nH]nc2c1C(C)=O. The molecule has 6 heteroatoms. The summed E-state index contributed by atoms with van der Waals surface area (Å²) in [7, 11) is 0. The van der Waals surface area contributed by atoms with Gasteiger partial charge >= 0.3 is 5.97 Å². The van der Waals surface area contributed by atoms with Crippen molar-refractivity contribution in [3.8, 4) is 5.75 Å². The number of Topliss-reactive ketones (excluding diaryl/α,β-unsaturated/α-hetero) is 1. The predicted octanol–water partition coefficient (Wildman–Crippen LogP) is 1.09. The first-order chi connectivity index (χ1) is 7.59. The zero-order valence-corrected chi connectivity index (χ0v) is 8.77. The van der Waals surface area contributed by atoms with Gasteiger partial charge in [-0.1, -0.05) is 0 Å². The first-order valence-corrected chi connectivity index (χ1v) is 4.62. The number of carbonyl (C=O) groups is 2. The van der Waals surface area contributed by atoms with Gasteiger partial charge < -0.3 is 4.74 Å². The van der Waals surface area contributed by atoms with E-state index < -0.39 is 5.97 Å². The summed E-state index contributed by atoms with van der Waals surface area (Å²) in [4.78, 5) is 22.4. The van der Waals surface area contributed by atoms with Crippen LogP contribution >= 0.6 is 0 Å². The van der Waals surface area contributed by atoms with Crippen LogP contribution in [-0.4, -0.2) is 27.2 Å². The molecule has 0 fully saturated rings. The third-order valence-electron chi connectivity index (χ3n) is 2.06. The lowest BCUT2D eigenvalue weighted by Gasteiger charge is -2.05. The summed E-state index contributed by atoms with van der Waals surface area (Å²) in [6.07, 6.45) is 0. The third-order valence-corrected chi connectivity index (χ3v) is 2.06. The smallest absolute Gasteiger partial charge is 0.308 e. The first kappa shape index (κ1) is 10.3. The Bertz CT molecular complexity index is 574. The van der Waals surface area contributed by atoms with Crippen LogP contribution in [0, 0.1) is 0 Å².